The van der Waals surface area contributed by atoms with Crippen LogP contribution in [0.15, 0.2) is 70.9 Å². The minimum absolute atomic E-state index is 0.0883. The second-order valence-electron chi connectivity index (χ2n) is 7.29. The van der Waals surface area contributed by atoms with Gasteiger partial charge in [0.1, 0.15) is 23.5 Å². The Balaban J connectivity index is 1.98. The summed E-state index contributed by atoms with van der Waals surface area (Å²) in [5.41, 5.74) is 1.81. The molecule has 0 saturated carbocycles. The molecule has 3 aromatic rings. The summed E-state index contributed by atoms with van der Waals surface area (Å²) in [5, 5.41) is 40.7. The Morgan fingerprint density at radius 2 is 1.71 bits per heavy atom. The van der Waals surface area contributed by atoms with Gasteiger partial charge in [0, 0.05) is 38.3 Å². The van der Waals surface area contributed by atoms with Crippen LogP contribution in [0.2, 0.25) is 0 Å². The van der Waals surface area contributed by atoms with Crippen molar-refractivity contribution in [2.45, 2.75) is 13.5 Å². The number of anilines is 2. The zero-order valence-electron chi connectivity index (χ0n) is 18.4. The average Bonchev–Trinajstić information content (AvgIpc) is 2.82. The zero-order valence-corrected chi connectivity index (χ0v) is 18.4. The first-order chi connectivity index (χ1) is 16.3. The molecule has 0 unspecified atom stereocenters. The van der Waals surface area contributed by atoms with Crippen molar-refractivity contribution in [3.63, 3.8) is 0 Å². The molecule has 0 aliphatic rings. The fourth-order valence-corrected chi connectivity index (χ4v) is 3.19. The van der Waals surface area contributed by atoms with Gasteiger partial charge in [0.05, 0.1) is 21.7 Å². The van der Waals surface area contributed by atoms with Crippen LogP contribution in [0.25, 0.3) is 0 Å². The largest absolute Gasteiger partial charge is 0.370 e. The van der Waals surface area contributed by atoms with Crippen molar-refractivity contribution in [2.75, 3.05) is 17.3 Å². The van der Waals surface area contributed by atoms with E-state index in [1.54, 1.807) is 18.2 Å². The third-order valence-electron chi connectivity index (χ3n) is 4.80. The van der Waals surface area contributed by atoms with E-state index in [0.717, 1.165) is 23.4 Å². The van der Waals surface area contributed by atoms with Crippen LogP contribution in [0.1, 0.15) is 23.6 Å². The van der Waals surface area contributed by atoms with E-state index in [-0.39, 0.29) is 28.4 Å². The van der Waals surface area contributed by atoms with Gasteiger partial charge in [-0.3, -0.25) is 14.9 Å². The molecule has 1 N–H and O–H groups in total. The third-order valence-corrected chi connectivity index (χ3v) is 4.80. The van der Waals surface area contributed by atoms with Crippen LogP contribution in [0, 0.1) is 32.8 Å². The van der Waals surface area contributed by atoms with Crippen molar-refractivity contribution < 1.29 is 9.72 Å². The first-order valence-corrected chi connectivity index (χ1v) is 10.0. The monoisotopic (exact) mass is 453 g/mol. The highest BCUT2D eigenvalue weighted by Crippen LogP contribution is 2.34. The molecule has 0 saturated heterocycles. The van der Waals surface area contributed by atoms with Gasteiger partial charge in [0.2, 0.25) is 5.91 Å². The highest BCUT2D eigenvalue weighted by Gasteiger charge is 2.17. The van der Waals surface area contributed by atoms with Gasteiger partial charge >= 0.3 is 0 Å². The molecule has 0 spiro atoms. The van der Waals surface area contributed by atoms with Gasteiger partial charge in [-0.15, -0.1) is 10.2 Å². The van der Waals surface area contributed by atoms with Gasteiger partial charge in [-0.1, -0.05) is 30.3 Å². The molecule has 0 bridgehead atoms. The first-order valence-electron chi connectivity index (χ1n) is 10.0. The summed E-state index contributed by atoms with van der Waals surface area (Å²) >= 11 is 0. The lowest BCUT2D eigenvalue weighted by molar-refractivity contribution is -0.384. The molecule has 0 fully saturated rings. The molecule has 0 radical (unpaired) electrons. The maximum Gasteiger partial charge on any atom is 0.272 e. The lowest BCUT2D eigenvalue weighted by atomic mass is 10.1. The molecule has 0 heterocycles. The highest BCUT2D eigenvalue weighted by atomic mass is 16.6. The van der Waals surface area contributed by atoms with E-state index >= 15 is 0 Å². The summed E-state index contributed by atoms with van der Waals surface area (Å²) in [7, 11) is 1.91. The number of azo groups is 1. The number of non-ortho nitro benzene ring substituents is 1. The highest BCUT2D eigenvalue weighted by molar-refractivity contribution is 5.93. The standard InChI is InChI=1S/C24H19N7O3/c1-16(32)27-23-12-20(30(2)15-17-6-4-3-5-7-17)8-9-22(23)28-29-24-18(13-25)10-21(31(33)34)11-19(24)14-26/h3-12H,15H2,1-2H3,(H,27,32). The van der Waals surface area contributed by atoms with Gasteiger partial charge in [0.15, 0.2) is 0 Å². The van der Waals surface area contributed by atoms with Crippen LogP contribution < -0.4 is 10.2 Å². The molecule has 168 valence electrons. The van der Waals surface area contributed by atoms with Crippen LogP contribution in [0.3, 0.4) is 0 Å². The minimum atomic E-state index is -0.692. The summed E-state index contributed by atoms with van der Waals surface area (Å²) in [6, 6.07) is 20.8. The Hall–Kier alpha value is -5.09. The summed E-state index contributed by atoms with van der Waals surface area (Å²) in [6.45, 7) is 2.00. The molecular weight excluding hydrogens is 434 g/mol. The molecule has 0 aromatic heterocycles. The molecule has 0 aliphatic carbocycles. The average molecular weight is 453 g/mol. The van der Waals surface area contributed by atoms with E-state index in [4.69, 9.17) is 0 Å². The molecule has 3 rings (SSSR count). The van der Waals surface area contributed by atoms with Gasteiger partial charge in [-0.25, -0.2) is 0 Å². The van der Waals surface area contributed by atoms with E-state index in [2.05, 4.69) is 15.5 Å². The number of nitrogens with zero attached hydrogens (tertiary/aromatic N) is 6. The fraction of sp³-hybridized carbons (Fsp3) is 0.125. The number of amides is 1. The Labute approximate surface area is 195 Å². The van der Waals surface area contributed by atoms with Crippen molar-refractivity contribution in [1.82, 2.24) is 0 Å². The molecular formula is C24H19N7O3. The summed E-state index contributed by atoms with van der Waals surface area (Å²) in [6.07, 6.45) is 0. The number of nitrogens with one attached hydrogen (secondary N) is 1. The molecule has 1 amide bonds. The number of hydrogen-bond acceptors (Lipinski definition) is 8. The smallest absolute Gasteiger partial charge is 0.272 e. The van der Waals surface area contributed by atoms with E-state index < -0.39 is 10.6 Å². The van der Waals surface area contributed by atoms with Gasteiger partial charge in [0.25, 0.3) is 5.69 Å². The number of nitriles is 2. The molecule has 10 heteroatoms. The number of nitro groups is 1. The quantitative estimate of drug-likeness (QED) is 0.290. The topological polar surface area (TPSA) is 148 Å². The van der Waals surface area contributed by atoms with Gasteiger partial charge in [-0.2, -0.15) is 10.5 Å². The minimum Gasteiger partial charge on any atom is -0.370 e. The maximum atomic E-state index is 11.8. The van der Waals surface area contributed by atoms with Gasteiger partial charge < -0.3 is 10.2 Å². The zero-order chi connectivity index (χ0) is 24.7. The summed E-state index contributed by atoms with van der Waals surface area (Å²) in [5.74, 6) is -0.315. The number of hydrogen-bond donors (Lipinski definition) is 1. The van der Waals surface area contributed by atoms with Crippen molar-refractivity contribution in [3.8, 4) is 12.1 Å². The van der Waals surface area contributed by atoms with Crippen molar-refractivity contribution in [3.05, 3.63) is 87.5 Å². The summed E-state index contributed by atoms with van der Waals surface area (Å²) < 4.78 is 0. The lowest BCUT2D eigenvalue weighted by Crippen LogP contribution is -2.16. The predicted octanol–water partition coefficient (Wildman–Crippen LogP) is 5.35. The number of benzene rings is 3. The normalized spacial score (nSPS) is 10.4. The van der Waals surface area contributed by atoms with Crippen molar-refractivity contribution in [1.29, 1.82) is 10.5 Å². The van der Waals surface area contributed by atoms with Crippen LogP contribution >= 0.6 is 0 Å². The van der Waals surface area contributed by atoms with E-state index in [9.17, 15) is 25.4 Å². The second-order valence-corrected chi connectivity index (χ2v) is 7.29. The van der Waals surface area contributed by atoms with Crippen molar-refractivity contribution in [2.24, 2.45) is 10.2 Å². The lowest BCUT2D eigenvalue weighted by Gasteiger charge is -2.21. The predicted molar refractivity (Wildman–Crippen MR) is 126 cm³/mol. The first kappa shape index (κ1) is 23.6. The van der Waals surface area contributed by atoms with E-state index in [1.807, 2.05) is 54.4 Å². The number of nitro benzene ring substituents is 1. The molecule has 10 nitrogen and oxygen atoms in total. The van der Waals surface area contributed by atoms with Crippen LogP contribution in [-0.4, -0.2) is 17.9 Å². The number of carbonyl (C=O) groups is 1. The fourth-order valence-electron chi connectivity index (χ4n) is 3.19. The number of carbonyl (C=O) groups excluding carboxylic acids is 1. The Morgan fingerprint density at radius 3 is 2.26 bits per heavy atom. The number of rotatable bonds is 7. The molecule has 3 aromatic carbocycles. The Morgan fingerprint density at radius 1 is 1.06 bits per heavy atom. The van der Waals surface area contributed by atoms with Gasteiger partial charge in [-0.05, 0) is 23.8 Å². The van der Waals surface area contributed by atoms with E-state index in [1.165, 1.54) is 6.92 Å². The molecule has 0 aliphatic heterocycles. The SMILES string of the molecule is CC(=O)Nc1cc(N(C)Cc2ccccc2)ccc1N=Nc1c(C#N)cc([N+](=O)[O-])cc1C#N. The summed E-state index contributed by atoms with van der Waals surface area (Å²) in [4.78, 5) is 24.1. The van der Waals surface area contributed by atoms with Crippen LogP contribution in [-0.2, 0) is 11.3 Å². The van der Waals surface area contributed by atoms with E-state index in [0.29, 0.717) is 12.2 Å². The Kier molecular flexibility index (Phi) is 7.27. The second kappa shape index (κ2) is 10.5. The molecule has 34 heavy (non-hydrogen) atoms. The Bertz CT molecular complexity index is 1320. The molecule has 0 atom stereocenters. The third kappa shape index (κ3) is 5.58. The van der Waals surface area contributed by atoms with Crippen molar-refractivity contribution >= 4 is 34.3 Å². The van der Waals surface area contributed by atoms with Crippen LogP contribution in [0.4, 0.5) is 28.4 Å². The van der Waals surface area contributed by atoms with Crippen LogP contribution in [0.5, 0.6) is 0 Å². The maximum absolute atomic E-state index is 11.8.